The van der Waals surface area contributed by atoms with E-state index in [1.165, 1.54) is 7.11 Å². The monoisotopic (exact) mass is 433 g/mol. The molecule has 2 aromatic heterocycles. The molecule has 27 heavy (non-hydrogen) atoms. The van der Waals surface area contributed by atoms with E-state index < -0.39 is 42.0 Å². The van der Waals surface area contributed by atoms with E-state index in [0.717, 1.165) is 20.8 Å². The molecule has 0 unspecified atom stereocenters. The Morgan fingerprint density at radius 2 is 2.11 bits per heavy atom. The molecule has 0 aromatic carbocycles. The lowest BCUT2D eigenvalue weighted by Gasteiger charge is -2.16. The highest BCUT2D eigenvalue weighted by atomic mass is 35.5. The van der Waals surface area contributed by atoms with Gasteiger partial charge in [-0.1, -0.05) is 9.61 Å². The zero-order valence-electron chi connectivity index (χ0n) is 13.9. The third-order valence-electron chi connectivity index (χ3n) is 4.10. The molecule has 1 aliphatic heterocycles. The summed E-state index contributed by atoms with van der Waals surface area (Å²) in [6.07, 6.45) is -5.59. The molecule has 3 heterocycles. The van der Waals surface area contributed by atoms with Gasteiger partial charge in [-0.05, 0) is 28.9 Å². The second-order valence-electron chi connectivity index (χ2n) is 6.25. The molecule has 1 fully saturated rings. The van der Waals surface area contributed by atoms with Crippen molar-refractivity contribution in [3.63, 3.8) is 0 Å². The molecule has 3 rings (SSSR count). The summed E-state index contributed by atoms with van der Waals surface area (Å²) in [4.78, 5) is 15.6. The molecular formula is C14H15ClF5N4O2S+. The number of halogens is 6. The van der Waals surface area contributed by atoms with Crippen molar-refractivity contribution in [3.8, 4) is 0 Å². The molecular weight excluding hydrogens is 419 g/mol. The van der Waals surface area contributed by atoms with Gasteiger partial charge in [-0.2, -0.15) is 22.0 Å². The minimum atomic E-state index is -4.69. The molecule has 0 bridgehead atoms. The Kier molecular flexibility index (Phi) is 5.34. The number of ether oxygens (including phenoxy) is 1. The number of amides is 1. The van der Waals surface area contributed by atoms with Crippen LogP contribution in [0.2, 0.25) is 0 Å². The molecule has 0 aliphatic carbocycles. The van der Waals surface area contributed by atoms with E-state index in [-0.39, 0.29) is 30.2 Å². The molecule has 150 valence electrons. The number of hydrogen-bond donors (Lipinski definition) is 1. The number of nitrogens with one attached hydrogen (secondary N) is 1. The lowest BCUT2D eigenvalue weighted by atomic mass is 10.1. The highest BCUT2D eigenvalue weighted by Crippen LogP contribution is 2.35. The summed E-state index contributed by atoms with van der Waals surface area (Å²) >= 11 is 5.90. The Balaban J connectivity index is 1.89. The standard InChI is InChI=1S/C14H14ClF5N4O2S/c1-26-6-9-22-24-8(11(14(18,19)20)21-12(24)27-9)5-23-4-7(2-10(23)25)3-13(15,16)17/h7H,2-6H2,1H3/p+1/t7-/m1/s1. The lowest BCUT2D eigenvalue weighted by Crippen LogP contribution is -2.35. The maximum atomic E-state index is 13.4. The third-order valence-corrected chi connectivity index (χ3v) is 5.16. The van der Waals surface area contributed by atoms with Gasteiger partial charge in [0.2, 0.25) is 11.6 Å². The van der Waals surface area contributed by atoms with E-state index in [1.54, 1.807) is 0 Å². The summed E-state index contributed by atoms with van der Waals surface area (Å²) in [7, 11) is 1.43. The molecule has 1 saturated heterocycles. The fourth-order valence-electron chi connectivity index (χ4n) is 3.09. The number of carbonyl (C=O) groups excluding carboxylic acids is 1. The predicted octanol–water partition coefficient (Wildman–Crippen LogP) is 2.95. The minimum absolute atomic E-state index is 0.0965. The molecule has 0 spiro atoms. The van der Waals surface area contributed by atoms with Gasteiger partial charge in [-0.25, -0.2) is 4.98 Å². The average molecular weight is 434 g/mol. The number of aromatic amines is 1. The second-order valence-corrected chi connectivity index (χ2v) is 7.87. The quantitative estimate of drug-likeness (QED) is 0.433. The van der Waals surface area contributed by atoms with E-state index in [1.807, 2.05) is 0 Å². The first-order valence-electron chi connectivity index (χ1n) is 7.81. The normalized spacial score (nSPS) is 18.9. The zero-order valence-corrected chi connectivity index (χ0v) is 15.5. The summed E-state index contributed by atoms with van der Waals surface area (Å²) < 4.78 is 72.1. The van der Waals surface area contributed by atoms with Gasteiger partial charge in [0.1, 0.15) is 6.61 Å². The molecule has 0 radical (unpaired) electrons. The van der Waals surface area contributed by atoms with Crippen LogP contribution in [0.3, 0.4) is 0 Å². The number of aromatic nitrogens is 3. The van der Waals surface area contributed by atoms with Crippen molar-refractivity contribution in [2.75, 3.05) is 13.7 Å². The van der Waals surface area contributed by atoms with Crippen LogP contribution in [0.15, 0.2) is 0 Å². The maximum Gasteiger partial charge on any atom is 0.457 e. The zero-order chi connectivity index (χ0) is 20.0. The number of imidazole rings is 1. The Labute approximate surface area is 158 Å². The van der Waals surface area contributed by atoms with Crippen LogP contribution in [0.5, 0.6) is 0 Å². The lowest BCUT2D eigenvalue weighted by molar-refractivity contribution is -0.585. The van der Waals surface area contributed by atoms with Crippen LogP contribution < -0.4 is 4.52 Å². The number of fused-ring (bicyclic) bond motifs is 1. The number of methoxy groups -OCH3 is 1. The van der Waals surface area contributed by atoms with Crippen LogP contribution in [0.25, 0.3) is 4.96 Å². The van der Waals surface area contributed by atoms with Crippen LogP contribution in [0.1, 0.15) is 29.2 Å². The fourth-order valence-corrected chi connectivity index (χ4v) is 4.22. The van der Waals surface area contributed by atoms with Crippen LogP contribution >= 0.6 is 22.9 Å². The van der Waals surface area contributed by atoms with Crippen molar-refractivity contribution in [1.82, 2.24) is 15.0 Å². The van der Waals surface area contributed by atoms with E-state index >= 15 is 0 Å². The van der Waals surface area contributed by atoms with Gasteiger partial charge in [0.25, 0.3) is 5.69 Å². The van der Waals surface area contributed by atoms with E-state index in [0.29, 0.717) is 5.01 Å². The van der Waals surface area contributed by atoms with Gasteiger partial charge in [0.15, 0.2) is 5.01 Å². The average Bonchev–Trinajstić information content (AvgIpc) is 3.12. The summed E-state index contributed by atoms with van der Waals surface area (Å²) in [5.41, 5.74) is -1.29. The van der Waals surface area contributed by atoms with Crippen molar-refractivity contribution in [2.24, 2.45) is 5.92 Å². The van der Waals surface area contributed by atoms with Gasteiger partial charge < -0.3 is 9.64 Å². The van der Waals surface area contributed by atoms with Crippen LogP contribution in [0.4, 0.5) is 22.0 Å². The van der Waals surface area contributed by atoms with Gasteiger partial charge in [-0.15, -0.1) is 0 Å². The van der Waals surface area contributed by atoms with Crippen molar-refractivity contribution in [1.29, 1.82) is 0 Å². The van der Waals surface area contributed by atoms with E-state index in [2.05, 4.69) is 10.1 Å². The Morgan fingerprint density at radius 1 is 1.41 bits per heavy atom. The molecule has 0 saturated carbocycles. The van der Waals surface area contributed by atoms with Gasteiger partial charge in [0, 0.05) is 26.5 Å². The van der Waals surface area contributed by atoms with Crippen molar-refractivity contribution >= 4 is 33.8 Å². The van der Waals surface area contributed by atoms with Crippen molar-refractivity contribution in [2.45, 2.75) is 37.6 Å². The number of rotatable bonds is 6. The minimum Gasteiger partial charge on any atom is -0.377 e. The van der Waals surface area contributed by atoms with Crippen LogP contribution in [-0.2, 0) is 28.9 Å². The number of nitrogens with zero attached hydrogens (tertiary/aromatic N) is 3. The van der Waals surface area contributed by atoms with Crippen molar-refractivity contribution < 1.29 is 36.0 Å². The molecule has 2 aromatic rings. The molecule has 1 aliphatic rings. The second kappa shape index (κ2) is 7.13. The van der Waals surface area contributed by atoms with Gasteiger partial charge >= 0.3 is 16.5 Å². The predicted molar refractivity (Wildman–Crippen MR) is 84.3 cm³/mol. The number of alkyl halides is 6. The fraction of sp³-hybridized carbons (Fsp3) is 0.643. The molecule has 6 nitrogen and oxygen atoms in total. The number of carbonyl (C=O) groups is 1. The summed E-state index contributed by atoms with van der Waals surface area (Å²) in [6.45, 7) is -0.379. The summed E-state index contributed by atoms with van der Waals surface area (Å²) in [6, 6.07) is 0. The molecule has 1 N–H and O–H groups in total. The van der Waals surface area contributed by atoms with Crippen molar-refractivity contribution in [3.05, 3.63) is 16.4 Å². The third kappa shape index (κ3) is 4.49. The smallest absolute Gasteiger partial charge is 0.377 e. The van der Waals surface area contributed by atoms with Gasteiger partial charge in [0.05, 0.1) is 6.54 Å². The summed E-state index contributed by atoms with van der Waals surface area (Å²) in [5.74, 6) is -1.23. The number of hydrogen-bond acceptors (Lipinski definition) is 4. The van der Waals surface area contributed by atoms with Crippen LogP contribution in [0, 0.1) is 5.92 Å². The van der Waals surface area contributed by atoms with Crippen LogP contribution in [-0.4, -0.2) is 39.9 Å². The molecule has 13 heteroatoms. The Morgan fingerprint density at radius 3 is 2.70 bits per heavy atom. The topological polar surface area (TPSA) is 62.3 Å². The first kappa shape index (κ1) is 20.2. The Hall–Kier alpha value is -1.53. The maximum absolute atomic E-state index is 13.4. The number of H-pyrrole nitrogens is 1. The molecule has 1 atom stereocenters. The first-order valence-corrected chi connectivity index (χ1v) is 9.00. The van der Waals surface area contributed by atoms with E-state index in [9.17, 15) is 26.7 Å². The molecule has 1 amide bonds. The van der Waals surface area contributed by atoms with Gasteiger partial charge in [-0.3, -0.25) is 4.79 Å². The largest absolute Gasteiger partial charge is 0.457 e. The number of likely N-dealkylation sites (tertiary alicyclic amines) is 1. The highest BCUT2D eigenvalue weighted by Gasteiger charge is 2.45. The Bertz CT molecular complexity index is 847. The highest BCUT2D eigenvalue weighted by molar-refractivity contribution is 7.16. The first-order chi connectivity index (χ1) is 12.5. The van der Waals surface area contributed by atoms with E-state index in [4.69, 9.17) is 16.3 Å². The summed E-state index contributed by atoms with van der Waals surface area (Å²) in [5, 5.41) is 1.07. The SMILES string of the molecule is COCc1n[n+]2c(CN3C[C@@H](CC(F)(F)Cl)CC3=O)c(C(F)(F)F)[nH]c2s1.